The lowest BCUT2D eigenvalue weighted by molar-refractivity contribution is -0.156. The molecule has 0 saturated carbocycles. The maximum absolute atomic E-state index is 10.1. The van der Waals surface area contributed by atoms with Gasteiger partial charge in [0.05, 0.1) is 6.26 Å². The number of hydrogen-bond donors (Lipinski definition) is 0. The van der Waals surface area contributed by atoms with Crippen LogP contribution in [0, 0.1) is 0 Å². The van der Waals surface area contributed by atoms with Crippen molar-refractivity contribution in [1.82, 2.24) is 0 Å². The average Bonchev–Trinajstić information content (AvgIpc) is 2.79. The molecule has 0 amide bonds. The molecule has 32 heavy (non-hydrogen) atoms. The fourth-order valence-electron chi connectivity index (χ4n) is 3.87. The number of fused-ring (bicyclic) bond motifs is 5. The third-order valence-electron chi connectivity index (χ3n) is 5.15. The highest BCUT2D eigenvalue weighted by Gasteiger charge is 2.13. The molecule has 0 spiro atoms. The molecule has 1 aliphatic carbocycles. The van der Waals surface area contributed by atoms with E-state index in [-0.39, 0.29) is 5.63 Å². The normalized spacial score (nSPS) is 11.9. The standard InChI is InChI=1S/C18H16.C5H4O2.C4H6O3/c1-3-7-15-13(5-1)9-11-18-16-8-4-2-6-14(16)10-12-17(15)18;6-5-3-1-2-4-7-5;1-3(5)7-4(2)6/h1,3,5,7,9-12H,2,4,6,8H2;1-4H;1-2H3. The first kappa shape index (κ1) is 22.9. The third kappa shape index (κ3) is 6.14. The van der Waals surface area contributed by atoms with Crippen molar-refractivity contribution in [2.75, 3.05) is 0 Å². The second-order valence-electron chi connectivity index (χ2n) is 7.50. The summed E-state index contributed by atoms with van der Waals surface area (Å²) in [6.07, 6.45) is 6.57. The van der Waals surface area contributed by atoms with Gasteiger partial charge in [-0.3, -0.25) is 9.59 Å². The van der Waals surface area contributed by atoms with Crippen molar-refractivity contribution in [3.05, 3.63) is 94.5 Å². The summed E-state index contributed by atoms with van der Waals surface area (Å²) in [4.78, 5) is 29.7. The van der Waals surface area contributed by atoms with Gasteiger partial charge in [0, 0.05) is 19.9 Å². The molecular weight excluding hydrogens is 404 g/mol. The zero-order valence-electron chi connectivity index (χ0n) is 18.3. The highest BCUT2D eigenvalue weighted by molar-refractivity contribution is 6.08. The van der Waals surface area contributed by atoms with Crippen molar-refractivity contribution in [2.45, 2.75) is 39.5 Å². The summed E-state index contributed by atoms with van der Waals surface area (Å²) >= 11 is 0. The van der Waals surface area contributed by atoms with Crippen LogP contribution in [0.25, 0.3) is 21.5 Å². The molecular formula is C27H26O5. The molecule has 1 aliphatic rings. The number of rotatable bonds is 0. The molecule has 0 N–H and O–H groups in total. The first-order valence-corrected chi connectivity index (χ1v) is 10.6. The highest BCUT2D eigenvalue weighted by Crippen LogP contribution is 2.33. The number of benzene rings is 3. The van der Waals surface area contributed by atoms with Gasteiger partial charge in [-0.25, -0.2) is 4.79 Å². The minimum absolute atomic E-state index is 0.303. The number of carbonyl (C=O) groups excluding carboxylic acids is 2. The molecule has 0 saturated heterocycles. The van der Waals surface area contributed by atoms with E-state index in [9.17, 15) is 14.4 Å². The quantitative estimate of drug-likeness (QED) is 0.206. The summed E-state index contributed by atoms with van der Waals surface area (Å²) < 4.78 is 8.34. The summed E-state index contributed by atoms with van der Waals surface area (Å²) in [5, 5.41) is 5.64. The van der Waals surface area contributed by atoms with E-state index in [2.05, 4.69) is 57.7 Å². The molecule has 5 nitrogen and oxygen atoms in total. The molecule has 0 aliphatic heterocycles. The van der Waals surface area contributed by atoms with Crippen LogP contribution in [-0.2, 0) is 27.2 Å². The van der Waals surface area contributed by atoms with Crippen LogP contribution in [-0.4, -0.2) is 11.9 Å². The number of ether oxygens (including phenoxy) is 1. The van der Waals surface area contributed by atoms with E-state index in [0.29, 0.717) is 0 Å². The Labute approximate surface area is 186 Å². The van der Waals surface area contributed by atoms with Gasteiger partial charge < -0.3 is 9.15 Å². The number of aryl methyl sites for hydroxylation is 2. The zero-order valence-corrected chi connectivity index (χ0v) is 18.3. The fraction of sp³-hybridized carbons (Fsp3) is 0.222. The van der Waals surface area contributed by atoms with Crippen LogP contribution in [0.1, 0.15) is 37.8 Å². The van der Waals surface area contributed by atoms with Gasteiger partial charge in [-0.15, -0.1) is 0 Å². The number of carbonyl (C=O) groups is 2. The van der Waals surface area contributed by atoms with E-state index < -0.39 is 11.9 Å². The molecule has 1 heterocycles. The summed E-state index contributed by atoms with van der Waals surface area (Å²) in [7, 11) is 0. The Morgan fingerprint density at radius 2 is 1.44 bits per heavy atom. The zero-order chi connectivity index (χ0) is 22.9. The van der Waals surface area contributed by atoms with Crippen LogP contribution < -0.4 is 5.63 Å². The summed E-state index contributed by atoms with van der Waals surface area (Å²) in [5.74, 6) is -1.12. The topological polar surface area (TPSA) is 73.6 Å². The van der Waals surface area contributed by atoms with E-state index in [4.69, 9.17) is 0 Å². The summed E-state index contributed by atoms with van der Waals surface area (Å²) in [5.41, 5.74) is 2.87. The van der Waals surface area contributed by atoms with Crippen LogP contribution in [0.5, 0.6) is 0 Å². The largest absolute Gasteiger partial charge is 0.431 e. The molecule has 0 atom stereocenters. The van der Waals surface area contributed by atoms with Crippen molar-refractivity contribution in [1.29, 1.82) is 0 Å². The Kier molecular flexibility index (Phi) is 7.92. The third-order valence-corrected chi connectivity index (χ3v) is 5.15. The van der Waals surface area contributed by atoms with Crippen molar-refractivity contribution in [3.63, 3.8) is 0 Å². The number of hydrogen-bond acceptors (Lipinski definition) is 5. The van der Waals surface area contributed by atoms with Crippen LogP contribution in [0.15, 0.2) is 82.2 Å². The van der Waals surface area contributed by atoms with E-state index in [0.717, 1.165) is 0 Å². The van der Waals surface area contributed by atoms with E-state index in [1.165, 1.54) is 73.4 Å². The van der Waals surface area contributed by atoms with Gasteiger partial charge in [0.25, 0.3) is 0 Å². The molecule has 0 fully saturated rings. The first-order valence-electron chi connectivity index (χ1n) is 10.6. The molecule has 4 aromatic rings. The Balaban J connectivity index is 0.000000172. The minimum Gasteiger partial charge on any atom is -0.431 e. The second kappa shape index (κ2) is 11.0. The maximum atomic E-state index is 10.1. The van der Waals surface area contributed by atoms with E-state index >= 15 is 0 Å². The number of esters is 2. The van der Waals surface area contributed by atoms with Crippen LogP contribution in [0.2, 0.25) is 0 Å². The SMILES string of the molecule is CC(=O)OC(C)=O.O=c1cccco1.c1ccc2c(c1)ccc1c3c(ccc12)CCCC3. The minimum atomic E-state index is -0.562. The van der Waals surface area contributed by atoms with Gasteiger partial charge >= 0.3 is 17.6 Å². The second-order valence-corrected chi connectivity index (χ2v) is 7.50. The molecule has 5 heteroatoms. The highest BCUT2D eigenvalue weighted by atomic mass is 16.6. The van der Waals surface area contributed by atoms with E-state index in [1.54, 1.807) is 23.3 Å². The lowest BCUT2D eigenvalue weighted by atomic mass is 9.86. The van der Waals surface area contributed by atoms with Crippen LogP contribution in [0.3, 0.4) is 0 Å². The van der Waals surface area contributed by atoms with Crippen LogP contribution >= 0.6 is 0 Å². The van der Waals surface area contributed by atoms with Crippen molar-refractivity contribution < 1.29 is 18.7 Å². The maximum Gasteiger partial charge on any atom is 0.335 e. The van der Waals surface area contributed by atoms with Crippen molar-refractivity contribution in [3.8, 4) is 0 Å². The lowest BCUT2D eigenvalue weighted by Gasteiger charge is -2.18. The summed E-state index contributed by atoms with van der Waals surface area (Å²) in [6.45, 7) is 2.36. The fourth-order valence-corrected chi connectivity index (χ4v) is 3.87. The predicted molar refractivity (Wildman–Crippen MR) is 126 cm³/mol. The van der Waals surface area contributed by atoms with Gasteiger partial charge in [-0.1, -0.05) is 54.6 Å². The van der Waals surface area contributed by atoms with E-state index in [1.807, 2.05) is 0 Å². The Bertz CT molecular complexity index is 1260. The monoisotopic (exact) mass is 430 g/mol. The Morgan fingerprint density at radius 3 is 2.06 bits per heavy atom. The van der Waals surface area contributed by atoms with Crippen molar-refractivity contribution in [2.24, 2.45) is 0 Å². The molecule has 0 unspecified atom stereocenters. The molecule has 0 bridgehead atoms. The molecule has 5 rings (SSSR count). The van der Waals surface area contributed by atoms with Gasteiger partial charge in [0.1, 0.15) is 0 Å². The molecule has 164 valence electrons. The molecule has 1 aromatic heterocycles. The van der Waals surface area contributed by atoms with Gasteiger partial charge in [0.15, 0.2) is 0 Å². The van der Waals surface area contributed by atoms with Gasteiger partial charge in [-0.05, 0) is 64.4 Å². The van der Waals surface area contributed by atoms with Crippen molar-refractivity contribution >= 4 is 33.5 Å². The van der Waals surface area contributed by atoms with Crippen LogP contribution in [0.4, 0.5) is 0 Å². The predicted octanol–water partition coefficient (Wildman–Crippen LogP) is 5.61. The Hall–Kier alpha value is -3.73. The molecule has 0 radical (unpaired) electrons. The lowest BCUT2D eigenvalue weighted by Crippen LogP contribution is -2.03. The van der Waals surface area contributed by atoms with Gasteiger partial charge in [-0.2, -0.15) is 0 Å². The first-order chi connectivity index (χ1) is 15.5. The smallest absolute Gasteiger partial charge is 0.335 e. The summed E-state index contributed by atoms with van der Waals surface area (Å²) in [6, 6.07) is 22.6. The molecule has 3 aromatic carbocycles. The average molecular weight is 431 g/mol. The Morgan fingerprint density at radius 1 is 0.750 bits per heavy atom. The van der Waals surface area contributed by atoms with Gasteiger partial charge in [0.2, 0.25) is 0 Å².